The van der Waals surface area contributed by atoms with E-state index in [-0.39, 0.29) is 15.7 Å². The van der Waals surface area contributed by atoms with Gasteiger partial charge < -0.3 is 4.74 Å². The molecule has 0 spiro atoms. The number of halogens is 2. The molecule has 0 saturated heterocycles. The Balaban J connectivity index is 2.10. The number of aryl methyl sites for hydroxylation is 1. The second-order valence-electron chi connectivity index (χ2n) is 4.15. The number of rotatable bonds is 5. The fourth-order valence-electron chi connectivity index (χ4n) is 1.67. The van der Waals surface area contributed by atoms with Crippen molar-refractivity contribution in [3.05, 3.63) is 41.2 Å². The van der Waals surface area contributed by atoms with Crippen molar-refractivity contribution in [1.29, 1.82) is 0 Å². The number of aromatic nitrogens is 2. The van der Waals surface area contributed by atoms with Crippen molar-refractivity contribution in [2.75, 3.05) is 6.61 Å². The largest absolute Gasteiger partial charge is 0.492 e. The molecule has 0 aliphatic rings. The molecule has 1 aromatic carbocycles. The molecule has 108 valence electrons. The molecule has 2 rings (SSSR count). The quantitative estimate of drug-likeness (QED) is 0.788. The van der Waals surface area contributed by atoms with Crippen LogP contribution >= 0.6 is 22.3 Å². The molecule has 0 saturated carbocycles. The highest BCUT2D eigenvalue weighted by Crippen LogP contribution is 2.29. The summed E-state index contributed by atoms with van der Waals surface area (Å²) >= 11 is 5.77. The van der Waals surface area contributed by atoms with Gasteiger partial charge in [-0.1, -0.05) is 11.6 Å². The Morgan fingerprint density at radius 3 is 2.75 bits per heavy atom. The molecule has 0 bridgehead atoms. The van der Waals surface area contributed by atoms with Gasteiger partial charge in [-0.05, 0) is 23.8 Å². The molecule has 1 aromatic heterocycles. The molecule has 0 aliphatic carbocycles. The minimum absolute atomic E-state index is 0.127. The molecule has 0 aliphatic heterocycles. The van der Waals surface area contributed by atoms with Gasteiger partial charge in [0.15, 0.2) is 0 Å². The molecule has 0 fully saturated rings. The predicted octanol–water partition coefficient (Wildman–Crippen LogP) is 2.62. The first-order valence-electron chi connectivity index (χ1n) is 5.71. The first-order valence-corrected chi connectivity index (χ1v) is 8.39. The highest BCUT2D eigenvalue weighted by molar-refractivity contribution is 8.13. The number of hydrogen-bond donors (Lipinski definition) is 0. The lowest BCUT2D eigenvalue weighted by molar-refractivity contribution is 0.314. The number of benzene rings is 1. The van der Waals surface area contributed by atoms with Gasteiger partial charge >= 0.3 is 0 Å². The van der Waals surface area contributed by atoms with E-state index in [0.29, 0.717) is 13.0 Å². The van der Waals surface area contributed by atoms with Gasteiger partial charge in [0.1, 0.15) is 10.6 Å². The first kappa shape index (κ1) is 15.2. The van der Waals surface area contributed by atoms with E-state index in [4.69, 9.17) is 27.0 Å². The Kier molecular flexibility index (Phi) is 4.57. The zero-order valence-electron chi connectivity index (χ0n) is 10.6. The van der Waals surface area contributed by atoms with Crippen LogP contribution < -0.4 is 4.74 Å². The SMILES string of the molecule is Cn1cc(CCOc2ccc(Cl)cc2S(=O)(=O)Cl)cn1. The van der Waals surface area contributed by atoms with Crippen molar-refractivity contribution in [3.8, 4) is 5.75 Å². The lowest BCUT2D eigenvalue weighted by atomic mass is 10.3. The van der Waals surface area contributed by atoms with Crippen LogP contribution in [0.3, 0.4) is 0 Å². The van der Waals surface area contributed by atoms with Crippen LogP contribution in [-0.4, -0.2) is 24.8 Å². The minimum Gasteiger partial charge on any atom is -0.492 e. The number of ether oxygens (including phenoxy) is 1. The molecule has 5 nitrogen and oxygen atoms in total. The lowest BCUT2D eigenvalue weighted by Gasteiger charge is -2.09. The third kappa shape index (κ3) is 3.88. The zero-order valence-corrected chi connectivity index (χ0v) is 12.9. The summed E-state index contributed by atoms with van der Waals surface area (Å²) in [5, 5.41) is 4.32. The monoisotopic (exact) mass is 334 g/mol. The predicted molar refractivity (Wildman–Crippen MR) is 76.9 cm³/mol. The smallest absolute Gasteiger partial charge is 0.265 e. The van der Waals surface area contributed by atoms with Gasteiger partial charge in [0, 0.05) is 35.4 Å². The summed E-state index contributed by atoms with van der Waals surface area (Å²) in [5.41, 5.74) is 0.997. The van der Waals surface area contributed by atoms with E-state index in [0.717, 1.165) is 5.56 Å². The topological polar surface area (TPSA) is 61.2 Å². The minimum atomic E-state index is -3.90. The standard InChI is InChI=1S/C12H12Cl2N2O3S/c1-16-8-9(7-15-16)4-5-19-11-3-2-10(13)6-12(11)20(14,17)18/h2-3,6-8H,4-5H2,1H3. The molecular formula is C12H12Cl2N2O3S. The highest BCUT2D eigenvalue weighted by Gasteiger charge is 2.17. The van der Waals surface area contributed by atoms with Crippen molar-refractivity contribution in [3.63, 3.8) is 0 Å². The second-order valence-corrected chi connectivity index (χ2v) is 7.12. The highest BCUT2D eigenvalue weighted by atomic mass is 35.7. The molecular weight excluding hydrogens is 323 g/mol. The molecule has 0 radical (unpaired) electrons. The summed E-state index contributed by atoms with van der Waals surface area (Å²) in [6.45, 7) is 0.312. The molecule has 20 heavy (non-hydrogen) atoms. The van der Waals surface area contributed by atoms with Crippen molar-refractivity contribution in [2.45, 2.75) is 11.3 Å². The van der Waals surface area contributed by atoms with Crippen LogP contribution in [0.2, 0.25) is 5.02 Å². The maximum atomic E-state index is 11.5. The third-order valence-electron chi connectivity index (χ3n) is 2.58. The summed E-state index contributed by atoms with van der Waals surface area (Å²) < 4.78 is 30.1. The van der Waals surface area contributed by atoms with E-state index in [1.54, 1.807) is 16.9 Å². The van der Waals surface area contributed by atoms with E-state index in [1.165, 1.54) is 12.1 Å². The Labute approximate surface area is 126 Å². The van der Waals surface area contributed by atoms with Gasteiger partial charge in [-0.25, -0.2) is 8.42 Å². The Morgan fingerprint density at radius 2 is 2.15 bits per heavy atom. The number of hydrogen-bond acceptors (Lipinski definition) is 4. The molecule has 0 amide bonds. The normalized spacial score (nSPS) is 11.6. The molecule has 8 heteroatoms. The second kappa shape index (κ2) is 6.03. The van der Waals surface area contributed by atoms with Crippen LogP contribution in [0.25, 0.3) is 0 Å². The molecule has 1 heterocycles. The zero-order chi connectivity index (χ0) is 14.8. The van der Waals surface area contributed by atoms with Crippen molar-refractivity contribution >= 4 is 31.3 Å². The molecule has 0 N–H and O–H groups in total. The Hall–Kier alpha value is -1.24. The average Bonchev–Trinajstić information content (AvgIpc) is 2.76. The number of nitrogens with zero attached hydrogens (tertiary/aromatic N) is 2. The van der Waals surface area contributed by atoms with E-state index >= 15 is 0 Å². The van der Waals surface area contributed by atoms with Gasteiger partial charge in [-0.2, -0.15) is 5.10 Å². The van der Waals surface area contributed by atoms with Crippen LogP contribution in [0.1, 0.15) is 5.56 Å². The van der Waals surface area contributed by atoms with Crippen LogP contribution in [0, 0.1) is 0 Å². The first-order chi connectivity index (χ1) is 9.36. The summed E-state index contributed by atoms with van der Waals surface area (Å²) in [5.74, 6) is 0.188. The van der Waals surface area contributed by atoms with Crippen molar-refractivity contribution in [1.82, 2.24) is 9.78 Å². The fraction of sp³-hybridized carbons (Fsp3) is 0.250. The summed E-state index contributed by atoms with van der Waals surface area (Å²) in [6, 6.07) is 4.30. The summed E-state index contributed by atoms with van der Waals surface area (Å²) in [7, 11) is 3.28. The van der Waals surface area contributed by atoms with Crippen molar-refractivity contribution < 1.29 is 13.2 Å². The summed E-state index contributed by atoms with van der Waals surface area (Å²) in [6.07, 6.45) is 4.20. The maximum Gasteiger partial charge on any atom is 0.265 e. The van der Waals surface area contributed by atoms with Gasteiger partial charge in [0.25, 0.3) is 9.05 Å². The van der Waals surface area contributed by atoms with Gasteiger partial charge in [-0.15, -0.1) is 0 Å². The van der Waals surface area contributed by atoms with Gasteiger partial charge in [0.2, 0.25) is 0 Å². The maximum absolute atomic E-state index is 11.5. The average molecular weight is 335 g/mol. The van der Waals surface area contributed by atoms with Crippen LogP contribution in [-0.2, 0) is 22.5 Å². The molecule has 0 atom stereocenters. The van der Waals surface area contributed by atoms with Gasteiger partial charge in [0.05, 0.1) is 12.8 Å². The van der Waals surface area contributed by atoms with E-state index in [2.05, 4.69) is 5.10 Å². The summed E-state index contributed by atoms with van der Waals surface area (Å²) in [4.78, 5) is -0.127. The molecule has 0 unspecified atom stereocenters. The van der Waals surface area contributed by atoms with E-state index in [1.807, 2.05) is 13.2 Å². The van der Waals surface area contributed by atoms with Crippen LogP contribution in [0.4, 0.5) is 0 Å². The van der Waals surface area contributed by atoms with E-state index in [9.17, 15) is 8.42 Å². The fourth-order valence-corrected chi connectivity index (χ4v) is 2.91. The third-order valence-corrected chi connectivity index (χ3v) is 4.15. The van der Waals surface area contributed by atoms with Crippen LogP contribution in [0.15, 0.2) is 35.5 Å². The molecule has 2 aromatic rings. The van der Waals surface area contributed by atoms with Gasteiger partial charge in [-0.3, -0.25) is 4.68 Å². The van der Waals surface area contributed by atoms with Crippen molar-refractivity contribution in [2.24, 2.45) is 7.05 Å². The van der Waals surface area contributed by atoms with E-state index < -0.39 is 9.05 Å². The van der Waals surface area contributed by atoms with Crippen LogP contribution in [0.5, 0.6) is 5.75 Å². The lowest BCUT2D eigenvalue weighted by Crippen LogP contribution is -2.04. The Morgan fingerprint density at radius 1 is 1.40 bits per heavy atom. The Bertz CT molecular complexity index is 713.